The number of hydrogen-bond acceptors (Lipinski definition) is 3. The molecule has 0 aromatic carbocycles. The number of nitrogens with zero attached hydrogens (tertiary/aromatic N) is 2. The molecule has 64 valence electrons. The molecule has 0 aliphatic carbocycles. The molecule has 3 heterocycles. The van der Waals surface area contributed by atoms with Crippen molar-refractivity contribution in [1.82, 2.24) is 15.0 Å². The highest BCUT2D eigenvalue weighted by molar-refractivity contribution is 7.17. The molecule has 1 N–H and O–H groups in total. The maximum absolute atomic E-state index is 5.97. The molecular formula is C8H4ClN3S. The fraction of sp³-hybridized carbons (Fsp3) is 0. The van der Waals surface area contributed by atoms with Gasteiger partial charge in [0.1, 0.15) is 22.0 Å². The maximum atomic E-state index is 5.97. The van der Waals surface area contributed by atoms with E-state index in [4.69, 9.17) is 11.6 Å². The lowest BCUT2D eigenvalue weighted by molar-refractivity contribution is 1.21. The van der Waals surface area contributed by atoms with E-state index in [-0.39, 0.29) is 0 Å². The average molecular weight is 210 g/mol. The van der Waals surface area contributed by atoms with Gasteiger partial charge in [-0.25, -0.2) is 9.97 Å². The van der Waals surface area contributed by atoms with Gasteiger partial charge in [-0.1, -0.05) is 11.6 Å². The zero-order chi connectivity index (χ0) is 8.84. The summed E-state index contributed by atoms with van der Waals surface area (Å²) in [6, 6.07) is 2.02. The Kier molecular flexibility index (Phi) is 1.36. The molecule has 0 saturated heterocycles. The van der Waals surface area contributed by atoms with E-state index in [2.05, 4.69) is 15.0 Å². The van der Waals surface area contributed by atoms with E-state index in [0.29, 0.717) is 5.15 Å². The molecule has 3 rings (SSSR count). The Labute approximate surface area is 82.4 Å². The number of hydrogen-bond donors (Lipinski definition) is 1. The monoisotopic (exact) mass is 209 g/mol. The van der Waals surface area contributed by atoms with Crippen molar-refractivity contribution in [1.29, 1.82) is 0 Å². The van der Waals surface area contributed by atoms with Crippen molar-refractivity contribution in [3.05, 3.63) is 22.9 Å². The van der Waals surface area contributed by atoms with E-state index in [1.807, 2.05) is 11.4 Å². The molecule has 0 atom stereocenters. The molecule has 0 fully saturated rings. The highest BCUT2D eigenvalue weighted by atomic mass is 35.5. The highest BCUT2D eigenvalue weighted by Gasteiger charge is 2.09. The smallest absolute Gasteiger partial charge is 0.143 e. The van der Waals surface area contributed by atoms with Crippen LogP contribution in [0, 0.1) is 0 Å². The van der Waals surface area contributed by atoms with E-state index in [1.165, 1.54) is 6.33 Å². The summed E-state index contributed by atoms with van der Waals surface area (Å²) < 4.78 is 0. The minimum Gasteiger partial charge on any atom is -0.331 e. The van der Waals surface area contributed by atoms with Crippen LogP contribution in [0.5, 0.6) is 0 Å². The third kappa shape index (κ3) is 0.897. The zero-order valence-electron chi connectivity index (χ0n) is 6.41. The summed E-state index contributed by atoms with van der Waals surface area (Å²) in [6.45, 7) is 0. The zero-order valence-corrected chi connectivity index (χ0v) is 7.99. The van der Waals surface area contributed by atoms with Gasteiger partial charge in [0.25, 0.3) is 0 Å². The summed E-state index contributed by atoms with van der Waals surface area (Å²) in [4.78, 5) is 12.3. The van der Waals surface area contributed by atoms with Crippen molar-refractivity contribution in [2.45, 2.75) is 0 Å². The summed E-state index contributed by atoms with van der Waals surface area (Å²) in [6.07, 6.45) is 1.46. The van der Waals surface area contributed by atoms with E-state index >= 15 is 0 Å². The SMILES string of the molecule is Clc1ncnc2[nH]c3sccc3c12. The second kappa shape index (κ2) is 2.43. The summed E-state index contributed by atoms with van der Waals surface area (Å²) in [5.41, 5.74) is 0.807. The number of rotatable bonds is 0. The van der Waals surface area contributed by atoms with Crippen LogP contribution in [0.25, 0.3) is 21.3 Å². The molecule has 0 aliphatic rings. The Morgan fingerprint density at radius 1 is 1.38 bits per heavy atom. The van der Waals surface area contributed by atoms with E-state index in [0.717, 1.165) is 21.3 Å². The quantitative estimate of drug-likeness (QED) is 0.579. The minimum atomic E-state index is 0.509. The Hall–Kier alpha value is -1.13. The van der Waals surface area contributed by atoms with Gasteiger partial charge in [0, 0.05) is 5.39 Å². The van der Waals surface area contributed by atoms with Crippen molar-refractivity contribution in [3.63, 3.8) is 0 Å². The number of H-pyrrole nitrogens is 1. The van der Waals surface area contributed by atoms with Gasteiger partial charge in [-0.3, -0.25) is 0 Å². The minimum absolute atomic E-state index is 0.509. The van der Waals surface area contributed by atoms with Gasteiger partial charge in [0.15, 0.2) is 0 Å². The first-order chi connectivity index (χ1) is 6.36. The van der Waals surface area contributed by atoms with Crippen LogP contribution in [0.15, 0.2) is 17.8 Å². The summed E-state index contributed by atoms with van der Waals surface area (Å²) in [5, 5.41) is 4.55. The molecule has 0 radical (unpaired) electrons. The number of aromatic amines is 1. The lowest BCUT2D eigenvalue weighted by Gasteiger charge is -1.89. The average Bonchev–Trinajstić information content (AvgIpc) is 2.62. The standard InChI is InChI=1S/C8H4ClN3S/c9-6-5-4-1-2-13-8(4)12-7(5)11-3-10-6/h1-3H,(H,10,11,12). The maximum Gasteiger partial charge on any atom is 0.143 e. The fourth-order valence-corrected chi connectivity index (χ4v) is 2.44. The predicted molar refractivity (Wildman–Crippen MR) is 54.3 cm³/mol. The number of thiophene rings is 1. The molecule has 5 heteroatoms. The van der Waals surface area contributed by atoms with Crippen LogP contribution >= 0.6 is 22.9 Å². The number of aromatic nitrogens is 3. The molecule has 3 aromatic rings. The fourth-order valence-electron chi connectivity index (χ4n) is 1.41. The van der Waals surface area contributed by atoms with Gasteiger partial charge in [-0.15, -0.1) is 11.3 Å². The van der Waals surface area contributed by atoms with Crippen LogP contribution in [0.2, 0.25) is 5.15 Å². The lowest BCUT2D eigenvalue weighted by Crippen LogP contribution is -1.79. The van der Waals surface area contributed by atoms with Crippen LogP contribution in [-0.2, 0) is 0 Å². The topological polar surface area (TPSA) is 41.6 Å². The Morgan fingerprint density at radius 2 is 2.31 bits per heavy atom. The van der Waals surface area contributed by atoms with Gasteiger partial charge in [0.2, 0.25) is 0 Å². The van der Waals surface area contributed by atoms with Crippen molar-refractivity contribution in [3.8, 4) is 0 Å². The van der Waals surface area contributed by atoms with Gasteiger partial charge in [-0.05, 0) is 11.4 Å². The Bertz CT molecular complexity index is 583. The molecule has 0 unspecified atom stereocenters. The van der Waals surface area contributed by atoms with Gasteiger partial charge >= 0.3 is 0 Å². The van der Waals surface area contributed by atoms with Crippen molar-refractivity contribution >= 4 is 44.2 Å². The molecule has 0 bridgehead atoms. The first kappa shape index (κ1) is 7.29. The van der Waals surface area contributed by atoms with Gasteiger partial charge in [0.05, 0.1) is 5.39 Å². The lowest BCUT2D eigenvalue weighted by atomic mass is 10.3. The first-order valence-corrected chi connectivity index (χ1v) is 4.97. The summed E-state index contributed by atoms with van der Waals surface area (Å²) in [5.74, 6) is 0. The number of halogens is 1. The largest absolute Gasteiger partial charge is 0.331 e. The number of nitrogens with one attached hydrogen (secondary N) is 1. The van der Waals surface area contributed by atoms with Crippen LogP contribution in [0.3, 0.4) is 0 Å². The Balaban J connectivity index is 2.68. The highest BCUT2D eigenvalue weighted by Crippen LogP contribution is 2.31. The molecule has 3 nitrogen and oxygen atoms in total. The van der Waals surface area contributed by atoms with Crippen LogP contribution in [-0.4, -0.2) is 15.0 Å². The van der Waals surface area contributed by atoms with Crippen molar-refractivity contribution in [2.24, 2.45) is 0 Å². The summed E-state index contributed by atoms with van der Waals surface area (Å²) in [7, 11) is 0. The molecule has 13 heavy (non-hydrogen) atoms. The molecular weight excluding hydrogens is 206 g/mol. The third-order valence-corrected chi connectivity index (χ3v) is 3.08. The van der Waals surface area contributed by atoms with E-state index < -0.39 is 0 Å². The van der Waals surface area contributed by atoms with E-state index in [1.54, 1.807) is 11.3 Å². The van der Waals surface area contributed by atoms with Crippen LogP contribution in [0.4, 0.5) is 0 Å². The van der Waals surface area contributed by atoms with Gasteiger partial charge < -0.3 is 4.98 Å². The summed E-state index contributed by atoms with van der Waals surface area (Å²) >= 11 is 7.61. The third-order valence-electron chi connectivity index (χ3n) is 1.97. The second-order valence-electron chi connectivity index (χ2n) is 2.68. The van der Waals surface area contributed by atoms with Crippen molar-refractivity contribution < 1.29 is 0 Å². The molecule has 3 aromatic heterocycles. The molecule has 0 amide bonds. The van der Waals surface area contributed by atoms with Crippen LogP contribution in [0.1, 0.15) is 0 Å². The molecule has 0 spiro atoms. The Morgan fingerprint density at radius 3 is 3.23 bits per heavy atom. The number of fused-ring (bicyclic) bond motifs is 3. The molecule has 0 saturated carbocycles. The van der Waals surface area contributed by atoms with Crippen molar-refractivity contribution in [2.75, 3.05) is 0 Å². The predicted octanol–water partition coefficient (Wildman–Crippen LogP) is 2.83. The normalized spacial score (nSPS) is 11.5. The second-order valence-corrected chi connectivity index (χ2v) is 3.95. The van der Waals surface area contributed by atoms with Gasteiger partial charge in [-0.2, -0.15) is 0 Å². The first-order valence-electron chi connectivity index (χ1n) is 3.71. The van der Waals surface area contributed by atoms with E-state index in [9.17, 15) is 0 Å². The molecule has 0 aliphatic heterocycles. The van der Waals surface area contributed by atoms with Crippen LogP contribution < -0.4 is 0 Å².